The average molecular weight is 300 g/mol. The molecule has 1 N–H and O–H groups in total. The minimum Gasteiger partial charge on any atom is -0.357 e. The number of amides is 1. The summed E-state index contributed by atoms with van der Waals surface area (Å²) < 4.78 is 0. The van der Waals surface area contributed by atoms with Crippen molar-refractivity contribution >= 4 is 28.1 Å². The van der Waals surface area contributed by atoms with E-state index in [0.29, 0.717) is 6.54 Å². The van der Waals surface area contributed by atoms with E-state index >= 15 is 0 Å². The number of hydrogen-bond acceptors (Lipinski definition) is 2. The molecule has 0 saturated carbocycles. The number of carbonyl (C=O) groups excluding carboxylic acids is 1. The Morgan fingerprint density at radius 2 is 1.57 bits per heavy atom. The summed E-state index contributed by atoms with van der Waals surface area (Å²) >= 11 is 0. The van der Waals surface area contributed by atoms with Crippen molar-refractivity contribution in [1.82, 2.24) is 0 Å². The molecular weight excluding hydrogens is 284 g/mol. The quantitative estimate of drug-likeness (QED) is 0.787. The average Bonchev–Trinajstić information content (AvgIpc) is 2.96. The number of benzene rings is 3. The molecule has 23 heavy (non-hydrogen) atoms. The van der Waals surface area contributed by atoms with Crippen LogP contribution >= 0.6 is 0 Å². The smallest absolute Gasteiger partial charge is 0.253 e. The van der Waals surface area contributed by atoms with Crippen molar-refractivity contribution in [3.05, 3.63) is 84.6 Å². The maximum Gasteiger partial charge on any atom is 0.253 e. The van der Waals surface area contributed by atoms with Crippen molar-refractivity contribution in [3.63, 3.8) is 0 Å². The zero-order valence-electron chi connectivity index (χ0n) is 12.6. The second-order valence-corrected chi connectivity index (χ2v) is 5.58. The first kappa shape index (κ1) is 13.6. The SMILES string of the molecule is O=C1C=C(Nc2cccc3ccccc23)CN1c1ccccc1. The third kappa shape index (κ3) is 2.57. The van der Waals surface area contributed by atoms with Crippen LogP contribution in [0.2, 0.25) is 0 Å². The molecule has 3 nitrogen and oxygen atoms in total. The zero-order chi connectivity index (χ0) is 15.6. The van der Waals surface area contributed by atoms with Gasteiger partial charge in [-0.15, -0.1) is 0 Å². The van der Waals surface area contributed by atoms with Gasteiger partial charge in [-0.2, -0.15) is 0 Å². The summed E-state index contributed by atoms with van der Waals surface area (Å²) in [7, 11) is 0. The summed E-state index contributed by atoms with van der Waals surface area (Å²) in [5, 5.41) is 5.75. The number of hydrogen-bond donors (Lipinski definition) is 1. The normalized spacial score (nSPS) is 14.2. The van der Waals surface area contributed by atoms with Crippen molar-refractivity contribution in [2.75, 3.05) is 16.8 Å². The first-order valence-electron chi connectivity index (χ1n) is 7.63. The third-order valence-electron chi connectivity index (χ3n) is 4.04. The van der Waals surface area contributed by atoms with Gasteiger partial charge in [0.15, 0.2) is 0 Å². The summed E-state index contributed by atoms with van der Waals surface area (Å²) in [6.07, 6.45) is 1.68. The fourth-order valence-electron chi connectivity index (χ4n) is 2.93. The number of nitrogens with zero attached hydrogens (tertiary/aromatic N) is 1. The molecule has 4 rings (SSSR count). The minimum atomic E-state index is 0.0129. The largest absolute Gasteiger partial charge is 0.357 e. The first-order chi connectivity index (χ1) is 11.3. The van der Waals surface area contributed by atoms with Gasteiger partial charge in [-0.25, -0.2) is 0 Å². The number of carbonyl (C=O) groups is 1. The molecule has 1 amide bonds. The zero-order valence-corrected chi connectivity index (χ0v) is 12.6. The van der Waals surface area contributed by atoms with Gasteiger partial charge >= 0.3 is 0 Å². The van der Waals surface area contributed by atoms with Crippen LogP contribution in [0.5, 0.6) is 0 Å². The van der Waals surface area contributed by atoms with Crippen molar-refractivity contribution in [3.8, 4) is 0 Å². The fraction of sp³-hybridized carbons (Fsp3) is 0.0500. The molecular formula is C20H16N2O. The summed E-state index contributed by atoms with van der Waals surface area (Å²) in [6, 6.07) is 24.1. The van der Waals surface area contributed by atoms with Crippen molar-refractivity contribution in [2.24, 2.45) is 0 Å². The van der Waals surface area contributed by atoms with E-state index < -0.39 is 0 Å². The van der Waals surface area contributed by atoms with E-state index in [1.807, 2.05) is 54.6 Å². The highest BCUT2D eigenvalue weighted by molar-refractivity contribution is 6.06. The Kier molecular flexibility index (Phi) is 3.31. The number of fused-ring (bicyclic) bond motifs is 1. The Morgan fingerprint density at radius 3 is 2.43 bits per heavy atom. The number of anilines is 2. The van der Waals surface area contributed by atoms with Crippen LogP contribution in [-0.2, 0) is 4.79 Å². The number of nitrogens with one attached hydrogen (secondary N) is 1. The van der Waals surface area contributed by atoms with Crippen LogP contribution in [-0.4, -0.2) is 12.5 Å². The van der Waals surface area contributed by atoms with E-state index in [9.17, 15) is 4.79 Å². The van der Waals surface area contributed by atoms with Crippen molar-refractivity contribution in [2.45, 2.75) is 0 Å². The maximum absolute atomic E-state index is 12.2. The monoisotopic (exact) mass is 300 g/mol. The van der Waals surface area contributed by atoms with E-state index in [1.54, 1.807) is 11.0 Å². The molecule has 1 heterocycles. The predicted octanol–water partition coefficient (Wildman–Crippen LogP) is 4.18. The van der Waals surface area contributed by atoms with Gasteiger partial charge in [-0.3, -0.25) is 4.79 Å². The van der Waals surface area contributed by atoms with Crippen LogP contribution in [0.4, 0.5) is 11.4 Å². The molecule has 0 saturated heterocycles. The standard InChI is InChI=1S/C20H16N2O/c23-20-13-16(14-22(20)17-9-2-1-3-10-17)21-19-12-6-8-15-7-4-5-11-18(15)19/h1-13,21H,14H2. The minimum absolute atomic E-state index is 0.0129. The molecule has 3 aromatic rings. The van der Waals surface area contributed by atoms with Crippen molar-refractivity contribution in [1.29, 1.82) is 0 Å². The highest BCUT2D eigenvalue weighted by Crippen LogP contribution is 2.27. The summed E-state index contributed by atoms with van der Waals surface area (Å²) in [4.78, 5) is 14.0. The van der Waals surface area contributed by atoms with Gasteiger partial charge in [-0.05, 0) is 23.6 Å². The van der Waals surface area contributed by atoms with Crippen LogP contribution in [0.15, 0.2) is 84.6 Å². The van der Waals surface area contributed by atoms with E-state index in [1.165, 1.54) is 5.39 Å². The number of rotatable bonds is 3. The first-order valence-corrected chi connectivity index (χ1v) is 7.63. The molecule has 0 bridgehead atoms. The fourth-order valence-corrected chi connectivity index (χ4v) is 2.93. The molecule has 1 aliphatic rings. The molecule has 0 radical (unpaired) electrons. The van der Waals surface area contributed by atoms with Gasteiger partial charge in [0.05, 0.1) is 6.54 Å². The molecule has 3 aromatic carbocycles. The highest BCUT2D eigenvalue weighted by atomic mass is 16.2. The lowest BCUT2D eigenvalue weighted by molar-refractivity contribution is -0.113. The van der Waals surface area contributed by atoms with Gasteiger partial charge in [0.25, 0.3) is 5.91 Å². The molecule has 0 unspecified atom stereocenters. The second-order valence-electron chi connectivity index (χ2n) is 5.58. The lowest BCUT2D eigenvalue weighted by Gasteiger charge is -2.17. The summed E-state index contributed by atoms with van der Waals surface area (Å²) in [5.41, 5.74) is 2.86. The van der Waals surface area contributed by atoms with Crippen LogP contribution in [0.1, 0.15) is 0 Å². The van der Waals surface area contributed by atoms with Crippen LogP contribution in [0, 0.1) is 0 Å². The van der Waals surface area contributed by atoms with E-state index in [4.69, 9.17) is 0 Å². The molecule has 0 atom stereocenters. The Labute approximate surface area is 134 Å². The molecule has 3 heteroatoms. The van der Waals surface area contributed by atoms with E-state index in [0.717, 1.165) is 22.5 Å². The van der Waals surface area contributed by atoms with Crippen LogP contribution in [0.3, 0.4) is 0 Å². The topological polar surface area (TPSA) is 32.3 Å². The van der Waals surface area contributed by atoms with Gasteiger partial charge in [-0.1, -0.05) is 54.6 Å². The lowest BCUT2D eigenvalue weighted by Crippen LogP contribution is -2.25. The van der Waals surface area contributed by atoms with Crippen molar-refractivity contribution < 1.29 is 4.79 Å². The number of para-hydroxylation sites is 1. The molecule has 0 spiro atoms. The Morgan fingerprint density at radius 1 is 0.826 bits per heavy atom. The molecule has 1 aliphatic heterocycles. The highest BCUT2D eigenvalue weighted by Gasteiger charge is 2.22. The van der Waals surface area contributed by atoms with E-state index in [2.05, 4.69) is 23.5 Å². The van der Waals surface area contributed by atoms with Gasteiger partial charge in [0.2, 0.25) is 0 Å². The molecule has 112 valence electrons. The van der Waals surface area contributed by atoms with Gasteiger partial charge in [0, 0.05) is 28.5 Å². The molecule has 0 aromatic heterocycles. The van der Waals surface area contributed by atoms with Gasteiger partial charge < -0.3 is 10.2 Å². The lowest BCUT2D eigenvalue weighted by atomic mass is 10.1. The molecule has 0 aliphatic carbocycles. The molecule has 0 fully saturated rings. The Hall–Kier alpha value is -3.07. The van der Waals surface area contributed by atoms with Crippen LogP contribution < -0.4 is 10.2 Å². The predicted molar refractivity (Wildman–Crippen MR) is 94.4 cm³/mol. The maximum atomic E-state index is 12.2. The Balaban J connectivity index is 1.60. The van der Waals surface area contributed by atoms with Gasteiger partial charge in [0.1, 0.15) is 0 Å². The second kappa shape index (κ2) is 5.61. The summed E-state index contributed by atoms with van der Waals surface area (Å²) in [6.45, 7) is 0.562. The van der Waals surface area contributed by atoms with E-state index in [-0.39, 0.29) is 5.91 Å². The Bertz CT molecular complexity index is 894. The van der Waals surface area contributed by atoms with Crippen LogP contribution in [0.25, 0.3) is 10.8 Å². The third-order valence-corrected chi connectivity index (χ3v) is 4.04. The summed E-state index contributed by atoms with van der Waals surface area (Å²) in [5.74, 6) is 0.0129.